The predicted molar refractivity (Wildman–Crippen MR) is 124 cm³/mol. The topological polar surface area (TPSA) is 99.9 Å². The van der Waals surface area contributed by atoms with Gasteiger partial charge in [0.2, 0.25) is 0 Å². The molecule has 2 aromatic carbocycles. The number of ether oxygens (including phenoxy) is 3. The van der Waals surface area contributed by atoms with Gasteiger partial charge in [-0.3, -0.25) is 4.79 Å². The Balaban J connectivity index is 1.39. The lowest BCUT2D eigenvalue weighted by molar-refractivity contribution is -0.124. The van der Waals surface area contributed by atoms with Crippen LogP contribution in [0, 0.1) is 6.92 Å². The normalized spacial score (nSPS) is 10.5. The predicted octanol–water partition coefficient (Wildman–Crippen LogP) is 4.03. The number of aryl methyl sites for hydroxylation is 1. The van der Waals surface area contributed by atoms with E-state index < -0.39 is 11.9 Å². The molecule has 3 aromatic rings. The lowest BCUT2D eigenvalue weighted by Crippen LogP contribution is -2.32. The zero-order valence-electron chi connectivity index (χ0n) is 18.5. The number of hydrogen-bond acceptors (Lipinski definition) is 8. The Bertz CT molecular complexity index is 1050. The van der Waals surface area contributed by atoms with E-state index >= 15 is 0 Å². The molecule has 0 bridgehead atoms. The molecule has 1 N–H and O–H groups in total. The van der Waals surface area contributed by atoms with Crippen molar-refractivity contribution >= 4 is 23.6 Å². The first kappa shape index (κ1) is 24.2. The molecule has 0 saturated carbocycles. The molecule has 0 unspecified atom stereocenters. The van der Waals surface area contributed by atoms with Gasteiger partial charge in [0.15, 0.2) is 6.61 Å². The number of hydrogen-bond donors (Lipinski definition) is 1. The molecule has 0 fully saturated rings. The van der Waals surface area contributed by atoms with Gasteiger partial charge in [-0.25, -0.2) is 4.79 Å². The molecule has 0 aliphatic carbocycles. The average molecular weight is 471 g/mol. The second-order valence-corrected chi connectivity index (χ2v) is 7.92. The first-order valence-corrected chi connectivity index (χ1v) is 11.5. The van der Waals surface area contributed by atoms with Crippen molar-refractivity contribution in [3.8, 4) is 11.5 Å². The van der Waals surface area contributed by atoms with E-state index in [1.165, 1.54) is 11.8 Å². The van der Waals surface area contributed by atoms with Crippen LogP contribution in [0.1, 0.15) is 28.7 Å². The largest absolute Gasteiger partial charge is 0.494 e. The summed E-state index contributed by atoms with van der Waals surface area (Å²) in [5.74, 6) is 1.72. The molecule has 33 heavy (non-hydrogen) atoms. The molecule has 9 heteroatoms. The first-order valence-electron chi connectivity index (χ1n) is 10.5. The summed E-state index contributed by atoms with van der Waals surface area (Å²) in [6, 6.07) is 16.2. The number of nitrogens with one attached hydrogen (secondary N) is 1. The fraction of sp³-hybridized carbons (Fsp3) is 0.292. The van der Waals surface area contributed by atoms with Crippen molar-refractivity contribution in [3.05, 3.63) is 71.6 Å². The van der Waals surface area contributed by atoms with E-state index in [0.29, 0.717) is 29.4 Å². The Kier molecular flexibility index (Phi) is 9.19. The number of thioether (sulfide) groups is 1. The van der Waals surface area contributed by atoms with Gasteiger partial charge in [-0.05, 0) is 50.2 Å². The monoisotopic (exact) mass is 470 g/mol. The van der Waals surface area contributed by atoms with Gasteiger partial charge in [-0.2, -0.15) is 0 Å². The van der Waals surface area contributed by atoms with E-state index in [1.807, 2.05) is 44.2 Å². The number of aromatic nitrogens is 1. The Labute approximate surface area is 196 Å². The Morgan fingerprint density at radius 3 is 2.48 bits per heavy atom. The highest BCUT2D eigenvalue weighted by Crippen LogP contribution is 2.27. The summed E-state index contributed by atoms with van der Waals surface area (Å²) in [5.41, 5.74) is 1.19. The van der Waals surface area contributed by atoms with Crippen LogP contribution in [0.4, 0.5) is 0 Å². The zero-order valence-corrected chi connectivity index (χ0v) is 19.4. The Hall–Kier alpha value is -3.46. The van der Waals surface area contributed by atoms with Crippen LogP contribution in [0.3, 0.4) is 0 Å². The van der Waals surface area contributed by atoms with E-state index in [9.17, 15) is 9.59 Å². The van der Waals surface area contributed by atoms with Gasteiger partial charge in [0.05, 0.1) is 30.2 Å². The van der Waals surface area contributed by atoms with Crippen LogP contribution in [-0.4, -0.2) is 43.4 Å². The summed E-state index contributed by atoms with van der Waals surface area (Å²) in [7, 11) is 0. The molecule has 0 saturated heterocycles. The second-order valence-electron chi connectivity index (χ2n) is 6.90. The van der Waals surface area contributed by atoms with Gasteiger partial charge in [0, 0.05) is 11.0 Å². The Morgan fingerprint density at radius 2 is 1.79 bits per heavy atom. The van der Waals surface area contributed by atoms with Crippen LogP contribution < -0.4 is 14.8 Å². The average Bonchev–Trinajstić information content (AvgIpc) is 3.25. The third kappa shape index (κ3) is 7.87. The quantitative estimate of drug-likeness (QED) is 0.241. The maximum Gasteiger partial charge on any atom is 0.339 e. The number of esters is 1. The molecule has 174 valence electrons. The van der Waals surface area contributed by atoms with Crippen molar-refractivity contribution in [2.75, 3.05) is 26.4 Å². The standard InChI is InChI=1S/C24H26N2O6S/c1-3-29-18-8-10-19(11-9-18)30-13-12-25-23(27)15-31-24(28)21-6-4-5-7-22(21)33-16-20-14-17(2)26-32-20/h4-11,14H,3,12-13,15-16H2,1-2H3,(H,25,27). The fourth-order valence-corrected chi connectivity index (χ4v) is 3.73. The lowest BCUT2D eigenvalue weighted by atomic mass is 10.2. The maximum absolute atomic E-state index is 12.5. The lowest BCUT2D eigenvalue weighted by Gasteiger charge is -2.10. The summed E-state index contributed by atoms with van der Waals surface area (Å²) in [6.07, 6.45) is 0. The van der Waals surface area contributed by atoms with Crippen molar-refractivity contribution in [1.82, 2.24) is 10.5 Å². The minimum absolute atomic E-state index is 0.284. The molecule has 1 heterocycles. The third-order valence-electron chi connectivity index (χ3n) is 4.32. The Morgan fingerprint density at radius 1 is 1.06 bits per heavy atom. The molecular formula is C24H26N2O6S. The zero-order chi connectivity index (χ0) is 23.5. The minimum atomic E-state index is -0.562. The SMILES string of the molecule is CCOc1ccc(OCCNC(=O)COC(=O)c2ccccc2SCc2cc(C)no2)cc1. The molecule has 0 atom stereocenters. The van der Waals surface area contributed by atoms with Crippen LogP contribution in [0.25, 0.3) is 0 Å². The van der Waals surface area contributed by atoms with E-state index in [4.69, 9.17) is 18.7 Å². The molecule has 0 aliphatic heterocycles. The third-order valence-corrected chi connectivity index (χ3v) is 5.41. The number of carbonyl (C=O) groups excluding carboxylic acids is 2. The number of amides is 1. The highest BCUT2D eigenvalue weighted by Gasteiger charge is 2.15. The van der Waals surface area contributed by atoms with Crippen molar-refractivity contribution in [2.24, 2.45) is 0 Å². The summed E-state index contributed by atoms with van der Waals surface area (Å²) in [6.45, 7) is 4.57. The van der Waals surface area contributed by atoms with Crippen molar-refractivity contribution < 1.29 is 28.3 Å². The van der Waals surface area contributed by atoms with E-state index in [2.05, 4.69) is 10.5 Å². The molecule has 8 nitrogen and oxygen atoms in total. The molecule has 3 rings (SSSR count). The number of rotatable bonds is 12. The number of benzene rings is 2. The molecule has 0 spiro atoms. The highest BCUT2D eigenvalue weighted by atomic mass is 32.2. The molecular weight excluding hydrogens is 444 g/mol. The summed E-state index contributed by atoms with van der Waals surface area (Å²) < 4.78 is 21.3. The fourth-order valence-electron chi connectivity index (χ4n) is 2.81. The minimum Gasteiger partial charge on any atom is -0.494 e. The summed E-state index contributed by atoms with van der Waals surface area (Å²) >= 11 is 1.43. The van der Waals surface area contributed by atoms with Gasteiger partial charge < -0.3 is 24.1 Å². The van der Waals surface area contributed by atoms with Crippen molar-refractivity contribution in [1.29, 1.82) is 0 Å². The van der Waals surface area contributed by atoms with E-state index in [-0.39, 0.29) is 19.8 Å². The van der Waals surface area contributed by atoms with Crippen LogP contribution in [0.15, 0.2) is 64.0 Å². The maximum atomic E-state index is 12.5. The van der Waals surface area contributed by atoms with Crippen LogP contribution in [0.5, 0.6) is 11.5 Å². The number of nitrogens with zero attached hydrogens (tertiary/aromatic N) is 1. The summed E-state index contributed by atoms with van der Waals surface area (Å²) in [5, 5.41) is 6.52. The van der Waals surface area contributed by atoms with Gasteiger partial charge in [-0.15, -0.1) is 11.8 Å². The first-order chi connectivity index (χ1) is 16.0. The van der Waals surface area contributed by atoms with Crippen molar-refractivity contribution in [2.45, 2.75) is 24.5 Å². The molecule has 1 aromatic heterocycles. The van der Waals surface area contributed by atoms with Crippen LogP contribution in [-0.2, 0) is 15.3 Å². The van der Waals surface area contributed by atoms with Gasteiger partial charge in [-0.1, -0.05) is 17.3 Å². The molecule has 1 amide bonds. The smallest absolute Gasteiger partial charge is 0.339 e. The highest BCUT2D eigenvalue weighted by molar-refractivity contribution is 7.98. The van der Waals surface area contributed by atoms with Gasteiger partial charge in [0.1, 0.15) is 23.9 Å². The van der Waals surface area contributed by atoms with Gasteiger partial charge >= 0.3 is 5.97 Å². The molecule has 0 radical (unpaired) electrons. The van der Waals surface area contributed by atoms with Crippen molar-refractivity contribution in [3.63, 3.8) is 0 Å². The van der Waals surface area contributed by atoms with Gasteiger partial charge in [0.25, 0.3) is 5.91 Å². The van der Waals surface area contributed by atoms with Crippen LogP contribution in [0.2, 0.25) is 0 Å². The molecule has 0 aliphatic rings. The van der Waals surface area contributed by atoms with E-state index in [1.54, 1.807) is 24.3 Å². The summed E-state index contributed by atoms with van der Waals surface area (Å²) in [4.78, 5) is 25.2. The number of carbonyl (C=O) groups is 2. The second kappa shape index (κ2) is 12.5. The van der Waals surface area contributed by atoms with Crippen LogP contribution >= 0.6 is 11.8 Å². The van der Waals surface area contributed by atoms with E-state index in [0.717, 1.165) is 16.3 Å².